The molecule has 2 heterocycles. The highest BCUT2D eigenvalue weighted by molar-refractivity contribution is 5.77. The van der Waals surface area contributed by atoms with Crippen molar-refractivity contribution in [3.05, 3.63) is 59.2 Å². The van der Waals surface area contributed by atoms with Crippen molar-refractivity contribution in [2.24, 2.45) is 0 Å². The number of rotatable bonds is 7. The Labute approximate surface area is 236 Å². The van der Waals surface area contributed by atoms with Crippen molar-refractivity contribution in [2.75, 3.05) is 26.2 Å². The van der Waals surface area contributed by atoms with Gasteiger partial charge in [0, 0.05) is 51.5 Å². The molecule has 4 rings (SSSR count). The topological polar surface area (TPSA) is 94.6 Å². The molecule has 0 bridgehead atoms. The summed E-state index contributed by atoms with van der Waals surface area (Å²) in [4.78, 5) is 40.6. The lowest BCUT2D eigenvalue weighted by Crippen LogP contribution is -2.40. The summed E-state index contributed by atoms with van der Waals surface area (Å²) in [6.07, 6.45) is 0.996. The number of piperidine rings is 1. The molecule has 1 fully saturated rings. The molecule has 2 aliphatic rings. The molecular formula is C31H40N2O7. The molecule has 2 amide bonds. The standard InChI is InChI=1S/C31H40N2O7/c1-6-37-29(35)28(23-8-10-25(11-9-23)38-26-14-17-32(18-15-26)21(2)34)39-27-12-7-22-13-16-33(20-24(22)19-27)30(36)40-31(3,4)5/h7-12,19,26,28H,6,13-18,20H2,1-5H3. The zero-order chi connectivity index (χ0) is 28.9. The average Bonchev–Trinajstić information content (AvgIpc) is 2.91. The van der Waals surface area contributed by atoms with Crippen LogP contribution >= 0.6 is 0 Å². The van der Waals surface area contributed by atoms with E-state index in [2.05, 4.69) is 0 Å². The number of hydrogen-bond acceptors (Lipinski definition) is 7. The first-order chi connectivity index (χ1) is 19.0. The smallest absolute Gasteiger partial charge is 0.410 e. The number of carbonyl (C=O) groups excluding carboxylic acids is 3. The van der Waals surface area contributed by atoms with Gasteiger partial charge in [-0.15, -0.1) is 0 Å². The molecule has 0 radical (unpaired) electrons. The summed E-state index contributed by atoms with van der Waals surface area (Å²) < 4.78 is 23.2. The Balaban J connectivity index is 1.44. The Morgan fingerprint density at radius 2 is 1.60 bits per heavy atom. The molecular weight excluding hydrogens is 512 g/mol. The fraction of sp³-hybridized carbons (Fsp3) is 0.516. The summed E-state index contributed by atoms with van der Waals surface area (Å²) in [7, 11) is 0. The van der Waals surface area contributed by atoms with Crippen molar-refractivity contribution in [3.8, 4) is 11.5 Å². The SMILES string of the molecule is CCOC(=O)C(Oc1ccc2c(c1)CN(C(=O)OC(C)(C)C)CC2)c1ccc(OC2CCN(C(C)=O)CC2)cc1. The van der Waals surface area contributed by atoms with Gasteiger partial charge in [-0.2, -0.15) is 0 Å². The van der Waals surface area contributed by atoms with E-state index in [-0.39, 0.29) is 24.7 Å². The van der Waals surface area contributed by atoms with Crippen LogP contribution in [-0.2, 0) is 32.0 Å². The molecule has 0 N–H and O–H groups in total. The van der Waals surface area contributed by atoms with Gasteiger partial charge in [-0.3, -0.25) is 4.79 Å². The van der Waals surface area contributed by atoms with Gasteiger partial charge in [0.25, 0.3) is 0 Å². The molecule has 0 aliphatic carbocycles. The van der Waals surface area contributed by atoms with Crippen LogP contribution in [0.15, 0.2) is 42.5 Å². The third-order valence-corrected chi connectivity index (χ3v) is 6.97. The monoisotopic (exact) mass is 552 g/mol. The average molecular weight is 553 g/mol. The number of carbonyl (C=O) groups is 3. The highest BCUT2D eigenvalue weighted by atomic mass is 16.6. The van der Waals surface area contributed by atoms with Crippen LogP contribution < -0.4 is 9.47 Å². The summed E-state index contributed by atoms with van der Waals surface area (Å²) >= 11 is 0. The predicted octanol–water partition coefficient (Wildman–Crippen LogP) is 5.05. The molecule has 40 heavy (non-hydrogen) atoms. The normalized spacial score (nSPS) is 16.5. The van der Waals surface area contributed by atoms with E-state index in [4.69, 9.17) is 18.9 Å². The van der Waals surface area contributed by atoms with Crippen molar-refractivity contribution in [2.45, 2.75) is 78.2 Å². The number of nitrogens with zero attached hydrogens (tertiary/aromatic N) is 2. The Bertz CT molecular complexity index is 1200. The van der Waals surface area contributed by atoms with Gasteiger partial charge < -0.3 is 28.7 Å². The van der Waals surface area contributed by atoms with E-state index in [1.54, 1.807) is 18.7 Å². The van der Waals surface area contributed by atoms with Crippen LogP contribution in [0.5, 0.6) is 11.5 Å². The van der Waals surface area contributed by atoms with E-state index < -0.39 is 17.7 Å². The van der Waals surface area contributed by atoms with Gasteiger partial charge in [-0.05, 0) is 69.5 Å². The van der Waals surface area contributed by atoms with Gasteiger partial charge in [0.05, 0.1) is 6.61 Å². The predicted molar refractivity (Wildman–Crippen MR) is 149 cm³/mol. The van der Waals surface area contributed by atoms with E-state index in [9.17, 15) is 14.4 Å². The molecule has 2 aromatic rings. The van der Waals surface area contributed by atoms with Crippen LogP contribution in [0, 0.1) is 0 Å². The number of likely N-dealkylation sites (tertiary alicyclic amines) is 1. The Kier molecular flexibility index (Phi) is 9.22. The molecule has 1 atom stereocenters. The molecule has 9 heteroatoms. The van der Waals surface area contributed by atoms with Gasteiger partial charge >= 0.3 is 12.1 Å². The van der Waals surface area contributed by atoms with Gasteiger partial charge in [0.15, 0.2) is 0 Å². The fourth-order valence-electron chi connectivity index (χ4n) is 4.90. The van der Waals surface area contributed by atoms with E-state index in [0.29, 0.717) is 49.7 Å². The second kappa shape index (κ2) is 12.6. The summed E-state index contributed by atoms with van der Waals surface area (Å²) in [5.41, 5.74) is 2.17. The van der Waals surface area contributed by atoms with Gasteiger partial charge in [0.1, 0.15) is 23.2 Å². The maximum atomic E-state index is 12.9. The number of benzene rings is 2. The van der Waals surface area contributed by atoms with Crippen molar-refractivity contribution in [1.82, 2.24) is 9.80 Å². The third-order valence-electron chi connectivity index (χ3n) is 6.97. The minimum atomic E-state index is -0.962. The number of fused-ring (bicyclic) bond motifs is 1. The summed E-state index contributed by atoms with van der Waals surface area (Å²) in [5.74, 6) is 0.817. The highest BCUT2D eigenvalue weighted by Gasteiger charge is 2.28. The lowest BCUT2D eigenvalue weighted by Gasteiger charge is -2.31. The lowest BCUT2D eigenvalue weighted by molar-refractivity contribution is -0.151. The highest BCUT2D eigenvalue weighted by Crippen LogP contribution is 2.30. The molecule has 2 aliphatic heterocycles. The van der Waals surface area contributed by atoms with E-state index in [1.807, 2.05) is 68.1 Å². The van der Waals surface area contributed by atoms with Crippen molar-refractivity contribution < 1.29 is 33.3 Å². The van der Waals surface area contributed by atoms with Gasteiger partial charge in [-0.25, -0.2) is 9.59 Å². The van der Waals surface area contributed by atoms with Crippen LogP contribution in [0.2, 0.25) is 0 Å². The van der Waals surface area contributed by atoms with Crippen LogP contribution in [0.25, 0.3) is 0 Å². The molecule has 2 aromatic carbocycles. The van der Waals surface area contributed by atoms with Gasteiger partial charge in [0.2, 0.25) is 12.0 Å². The van der Waals surface area contributed by atoms with Gasteiger partial charge in [-0.1, -0.05) is 18.2 Å². The minimum absolute atomic E-state index is 0.0364. The van der Waals surface area contributed by atoms with Crippen molar-refractivity contribution in [3.63, 3.8) is 0 Å². The lowest BCUT2D eigenvalue weighted by atomic mass is 9.99. The number of ether oxygens (including phenoxy) is 4. The Morgan fingerprint density at radius 3 is 2.23 bits per heavy atom. The molecule has 216 valence electrons. The van der Waals surface area contributed by atoms with E-state index in [0.717, 1.165) is 24.0 Å². The van der Waals surface area contributed by atoms with Crippen LogP contribution in [0.1, 0.15) is 70.3 Å². The zero-order valence-corrected chi connectivity index (χ0v) is 24.1. The van der Waals surface area contributed by atoms with Crippen LogP contribution in [0.3, 0.4) is 0 Å². The summed E-state index contributed by atoms with van der Waals surface area (Å²) in [6, 6.07) is 13.0. The zero-order valence-electron chi connectivity index (χ0n) is 24.1. The number of esters is 1. The van der Waals surface area contributed by atoms with Crippen LogP contribution in [0.4, 0.5) is 4.79 Å². The maximum Gasteiger partial charge on any atom is 0.410 e. The molecule has 0 aromatic heterocycles. The summed E-state index contributed by atoms with van der Waals surface area (Å²) in [6.45, 7) is 11.5. The molecule has 9 nitrogen and oxygen atoms in total. The van der Waals surface area contributed by atoms with Crippen molar-refractivity contribution in [1.29, 1.82) is 0 Å². The van der Waals surface area contributed by atoms with Crippen LogP contribution in [-0.4, -0.2) is 65.7 Å². The minimum Gasteiger partial charge on any atom is -0.490 e. The molecule has 1 saturated heterocycles. The molecule has 1 unspecified atom stereocenters. The second-order valence-corrected chi connectivity index (χ2v) is 11.2. The largest absolute Gasteiger partial charge is 0.490 e. The second-order valence-electron chi connectivity index (χ2n) is 11.2. The third kappa shape index (κ3) is 7.67. The molecule has 0 saturated carbocycles. The van der Waals surface area contributed by atoms with E-state index >= 15 is 0 Å². The first-order valence-electron chi connectivity index (χ1n) is 14.0. The maximum absolute atomic E-state index is 12.9. The quantitative estimate of drug-likeness (QED) is 0.444. The first kappa shape index (κ1) is 29.2. The first-order valence-corrected chi connectivity index (χ1v) is 14.0. The number of amides is 2. The van der Waals surface area contributed by atoms with Crippen molar-refractivity contribution >= 4 is 18.0 Å². The Hall–Kier alpha value is -3.75. The van der Waals surface area contributed by atoms with E-state index in [1.165, 1.54) is 0 Å². The fourth-order valence-corrected chi connectivity index (χ4v) is 4.90. The summed E-state index contributed by atoms with van der Waals surface area (Å²) in [5, 5.41) is 0. The number of hydrogen-bond donors (Lipinski definition) is 0. The Morgan fingerprint density at radius 1 is 0.925 bits per heavy atom. The molecule has 0 spiro atoms.